The van der Waals surface area contributed by atoms with Crippen LogP contribution in [0.1, 0.15) is 136 Å². The Kier molecular flexibility index (Phi) is 9.41. The van der Waals surface area contributed by atoms with Crippen LogP contribution in [0, 0.1) is 56.7 Å². The van der Waals surface area contributed by atoms with Crippen LogP contribution in [0.25, 0.3) is 5.57 Å². The molecule has 0 heterocycles. The molecular formula is C44H66N2O3. The first-order valence-electron chi connectivity index (χ1n) is 19.7. The van der Waals surface area contributed by atoms with Gasteiger partial charge in [-0.2, -0.15) is 0 Å². The molecule has 5 heteroatoms. The summed E-state index contributed by atoms with van der Waals surface area (Å²) in [5, 5.41) is 13.0. The van der Waals surface area contributed by atoms with Gasteiger partial charge in [0.05, 0.1) is 11.0 Å². The average molecular weight is 671 g/mol. The van der Waals surface area contributed by atoms with Crippen molar-refractivity contribution in [3.05, 3.63) is 53.6 Å². The van der Waals surface area contributed by atoms with Gasteiger partial charge in [0.15, 0.2) is 0 Å². The lowest BCUT2D eigenvalue weighted by Gasteiger charge is -2.72. The molecule has 1 aromatic rings. The molecule has 6 rings (SSSR count). The van der Waals surface area contributed by atoms with Crippen molar-refractivity contribution in [3.63, 3.8) is 0 Å². The van der Waals surface area contributed by atoms with E-state index in [1.165, 1.54) is 42.4 Å². The lowest BCUT2D eigenvalue weighted by molar-refractivity contribution is -0.225. The first kappa shape index (κ1) is 36.4. The minimum atomic E-state index is -0.871. The molecule has 0 spiro atoms. The Morgan fingerprint density at radius 1 is 0.939 bits per heavy atom. The number of nitrogens with one attached hydrogen (secondary N) is 1. The fourth-order valence-electron chi connectivity index (χ4n) is 13.7. The maximum absolute atomic E-state index is 14.5. The highest BCUT2D eigenvalue weighted by Gasteiger charge is 2.71. The summed E-state index contributed by atoms with van der Waals surface area (Å²) < 4.78 is 0. The van der Waals surface area contributed by atoms with Crippen LogP contribution in [-0.4, -0.2) is 47.6 Å². The lowest BCUT2D eigenvalue weighted by Crippen LogP contribution is -2.66. The van der Waals surface area contributed by atoms with Crippen LogP contribution >= 0.6 is 0 Å². The van der Waals surface area contributed by atoms with E-state index in [1.54, 1.807) is 12.1 Å². The molecule has 9 atom stereocenters. The van der Waals surface area contributed by atoms with Crippen LogP contribution in [-0.2, 0) is 4.79 Å². The Hall–Kier alpha value is -2.40. The number of carboxylic acids is 1. The van der Waals surface area contributed by atoms with Gasteiger partial charge in [0, 0.05) is 19.1 Å². The summed E-state index contributed by atoms with van der Waals surface area (Å²) >= 11 is 0. The summed E-state index contributed by atoms with van der Waals surface area (Å²) in [6.45, 7) is 29.0. The number of carboxylic acid groups (broad SMARTS) is 1. The predicted octanol–water partition coefficient (Wildman–Crippen LogP) is 9.88. The average Bonchev–Trinajstić information content (AvgIpc) is 3.44. The van der Waals surface area contributed by atoms with Gasteiger partial charge in [0.25, 0.3) is 0 Å². The second-order valence-corrected chi connectivity index (χ2v) is 18.7. The van der Waals surface area contributed by atoms with Gasteiger partial charge in [-0.15, -0.1) is 0 Å². The molecular weight excluding hydrogens is 604 g/mol. The van der Waals surface area contributed by atoms with Crippen molar-refractivity contribution < 1.29 is 14.7 Å². The number of nitrogens with zero attached hydrogens (tertiary/aromatic N) is 1. The highest BCUT2D eigenvalue weighted by molar-refractivity contribution is 5.88. The number of aromatic carboxylic acids is 1. The zero-order chi connectivity index (χ0) is 35.7. The number of rotatable bonds is 9. The highest BCUT2D eigenvalue weighted by Crippen LogP contribution is 2.77. The van der Waals surface area contributed by atoms with Crippen molar-refractivity contribution in [1.82, 2.24) is 10.2 Å². The standard InChI is InChI=1S/C44H66N2O3/c1-11-46(29(4)5)27-26-45-39(49)44-23-18-32(28(2)3)37(44)34-16-17-36-41(8)21-19-33(30-12-14-31(15-13-30)38(47)48)40(6,7)35(41)20-22-43(36,10)42(34,9)24-25-44/h12-15,19,29,32,34-37H,2,11,16-18,20-27H2,1,3-10H3,(H,45,49)(H,47,48)/t32-,34+,35-,36+,37+,41-,42+,43+,44-/m0/s1. The number of benzene rings is 1. The van der Waals surface area contributed by atoms with E-state index in [9.17, 15) is 14.7 Å². The molecule has 270 valence electrons. The van der Waals surface area contributed by atoms with Crippen LogP contribution in [0.2, 0.25) is 0 Å². The van der Waals surface area contributed by atoms with Gasteiger partial charge in [-0.1, -0.05) is 71.9 Å². The summed E-state index contributed by atoms with van der Waals surface area (Å²) in [6.07, 6.45) is 12.8. The van der Waals surface area contributed by atoms with Crippen LogP contribution in [0.4, 0.5) is 0 Å². The van der Waals surface area contributed by atoms with Crippen molar-refractivity contribution in [3.8, 4) is 0 Å². The fraction of sp³-hybridized carbons (Fsp3) is 0.727. The number of allylic oxidation sites excluding steroid dienone is 3. The van der Waals surface area contributed by atoms with Crippen molar-refractivity contribution in [1.29, 1.82) is 0 Å². The zero-order valence-corrected chi connectivity index (χ0v) is 32.3. The van der Waals surface area contributed by atoms with Crippen LogP contribution in [0.15, 0.2) is 42.5 Å². The maximum Gasteiger partial charge on any atom is 0.335 e. The number of likely N-dealkylation sites (N-methyl/N-ethyl adjacent to an activating group) is 1. The van der Waals surface area contributed by atoms with Crippen molar-refractivity contribution in [2.75, 3.05) is 19.6 Å². The van der Waals surface area contributed by atoms with Gasteiger partial charge in [-0.05, 0) is 160 Å². The third-order valence-electron chi connectivity index (χ3n) is 16.4. The third kappa shape index (κ3) is 5.41. The molecule has 5 nitrogen and oxygen atoms in total. The second-order valence-electron chi connectivity index (χ2n) is 18.7. The monoisotopic (exact) mass is 671 g/mol. The molecule has 1 amide bonds. The minimum absolute atomic E-state index is 0.00391. The molecule has 2 N–H and O–H groups in total. The molecule has 0 aliphatic heterocycles. The summed E-state index contributed by atoms with van der Waals surface area (Å²) in [4.78, 5) is 28.5. The third-order valence-corrected chi connectivity index (χ3v) is 16.4. The summed E-state index contributed by atoms with van der Waals surface area (Å²) in [5.41, 5.74) is 4.52. The molecule has 0 aromatic heterocycles. The highest BCUT2D eigenvalue weighted by atomic mass is 16.4. The molecule has 0 radical (unpaired) electrons. The van der Waals surface area contributed by atoms with Gasteiger partial charge in [0.2, 0.25) is 5.91 Å². The number of carbonyl (C=O) groups is 2. The topological polar surface area (TPSA) is 69.6 Å². The molecule has 5 aliphatic carbocycles. The molecule has 4 fully saturated rings. The van der Waals surface area contributed by atoms with E-state index < -0.39 is 5.97 Å². The van der Waals surface area contributed by atoms with E-state index in [-0.39, 0.29) is 27.1 Å². The maximum atomic E-state index is 14.5. The minimum Gasteiger partial charge on any atom is -0.478 e. The Labute approximate surface area is 297 Å². The van der Waals surface area contributed by atoms with Crippen molar-refractivity contribution in [2.24, 2.45) is 56.7 Å². The SMILES string of the molecule is C=C(C)[C@@H]1CC[C@]2(C(=O)NCCN(CC)C(C)C)CC[C@]3(C)[C@H](CC[C@@H]4[C@@]5(C)CC=C(c6ccc(C(=O)O)cc6)C(C)(C)[C@@H]5CC[C@]43C)[C@@H]12. The van der Waals surface area contributed by atoms with E-state index in [0.29, 0.717) is 47.1 Å². The number of fused-ring (bicyclic) bond motifs is 7. The van der Waals surface area contributed by atoms with Crippen molar-refractivity contribution >= 4 is 17.4 Å². The number of hydrogen-bond donors (Lipinski definition) is 2. The Morgan fingerprint density at radius 2 is 1.63 bits per heavy atom. The second kappa shape index (κ2) is 12.7. The quantitative estimate of drug-likeness (QED) is 0.257. The van der Waals surface area contributed by atoms with E-state index in [2.05, 4.69) is 85.2 Å². The summed E-state index contributed by atoms with van der Waals surface area (Å²) in [7, 11) is 0. The van der Waals surface area contributed by atoms with Gasteiger partial charge in [-0.25, -0.2) is 4.79 Å². The first-order valence-corrected chi connectivity index (χ1v) is 19.7. The summed E-state index contributed by atoms with van der Waals surface area (Å²) in [5.74, 6) is 2.00. The molecule has 0 bridgehead atoms. The van der Waals surface area contributed by atoms with Gasteiger partial charge < -0.3 is 10.4 Å². The molecule has 49 heavy (non-hydrogen) atoms. The number of hydrogen-bond acceptors (Lipinski definition) is 3. The van der Waals surface area contributed by atoms with Crippen LogP contribution in [0.5, 0.6) is 0 Å². The van der Waals surface area contributed by atoms with Gasteiger partial charge in [-0.3, -0.25) is 9.69 Å². The van der Waals surface area contributed by atoms with E-state index >= 15 is 0 Å². The molecule has 0 unspecified atom stereocenters. The molecule has 5 aliphatic rings. The Morgan fingerprint density at radius 3 is 2.24 bits per heavy atom. The van der Waals surface area contributed by atoms with Crippen LogP contribution in [0.3, 0.4) is 0 Å². The van der Waals surface area contributed by atoms with Gasteiger partial charge in [0.1, 0.15) is 0 Å². The van der Waals surface area contributed by atoms with E-state index in [0.717, 1.165) is 51.7 Å². The number of amides is 1. The van der Waals surface area contributed by atoms with E-state index in [1.807, 2.05) is 12.1 Å². The molecule has 0 saturated heterocycles. The van der Waals surface area contributed by atoms with Crippen LogP contribution < -0.4 is 5.32 Å². The zero-order valence-electron chi connectivity index (χ0n) is 32.3. The normalized spacial score (nSPS) is 39.3. The fourth-order valence-corrected chi connectivity index (χ4v) is 13.7. The molecule has 1 aromatic carbocycles. The van der Waals surface area contributed by atoms with Gasteiger partial charge >= 0.3 is 5.97 Å². The Balaban J connectivity index is 1.29. The number of carbonyl (C=O) groups excluding carboxylic acids is 1. The lowest BCUT2D eigenvalue weighted by atomic mass is 9.32. The van der Waals surface area contributed by atoms with Crippen molar-refractivity contribution in [2.45, 2.75) is 126 Å². The Bertz CT molecular complexity index is 1490. The first-order chi connectivity index (χ1) is 23.0. The largest absolute Gasteiger partial charge is 0.478 e. The summed E-state index contributed by atoms with van der Waals surface area (Å²) in [6, 6.07) is 8.05. The smallest absolute Gasteiger partial charge is 0.335 e. The predicted molar refractivity (Wildman–Crippen MR) is 201 cm³/mol. The molecule has 4 saturated carbocycles. The van der Waals surface area contributed by atoms with E-state index in [4.69, 9.17) is 0 Å².